The molecule has 34 heteroatoms. The molecule has 0 bridgehead atoms. The first-order chi connectivity index (χ1) is 40.2. The molecule has 464 valence electrons. The second-order valence-electron chi connectivity index (χ2n) is 20.0. The van der Waals surface area contributed by atoms with Crippen molar-refractivity contribution in [2.75, 3.05) is 26.2 Å². The third-order valence-electron chi connectivity index (χ3n) is 13.1. The van der Waals surface area contributed by atoms with Crippen molar-refractivity contribution in [3.05, 3.63) is 66.3 Å². The number of hydrogen-bond acceptors (Lipinski definition) is 19. The standard InChI is InChI=1S/C51H73N17O17/c1-24(43(76)65-33(14-28-7-9-31(71)10-8-28)46(79)62-25(2)42(75)61-26(3)44(77)66-35(51(84)85)16-30-18-55-23-59-30)60-39(73)19-56-48(81)37-6-5-13-68(37)50(83)36(21-69)67-45(78)32(11-12-38(52)72)64-47(80)34(15-29-17-54-22-58-29)63-40(74)20-57-49(82)41(53)27(4)70/h7-10,17-18,22-27,32-37,41,69-71H,5-6,11-16,19-21,53H2,1-4H3,(H2,52,72)(H,54,58)(H,55,59)(H,56,81)(H,57,82)(H,60,73)(H,61,75)(H,62,79)(H,63,74)(H,64,80)(H,65,76)(H,66,77)(H,67,78)(H,84,85)/t24-,25-,26-,27+,32-,33-,34-,35-,36-,37-,41-/m0/s1. The highest BCUT2D eigenvalue weighted by atomic mass is 16.4. The fraction of sp³-hybridized carbons (Fsp3) is 0.510. The first-order valence-electron chi connectivity index (χ1n) is 26.7. The van der Waals surface area contributed by atoms with Gasteiger partial charge in [0, 0.05) is 56.0 Å². The van der Waals surface area contributed by atoms with Crippen molar-refractivity contribution in [2.45, 2.75) is 139 Å². The molecule has 4 rings (SSSR count). The summed E-state index contributed by atoms with van der Waals surface area (Å²) in [5, 5.41) is 63.2. The number of nitrogens with one attached hydrogen (secondary N) is 12. The summed E-state index contributed by atoms with van der Waals surface area (Å²) in [7, 11) is 0. The van der Waals surface area contributed by atoms with Crippen molar-refractivity contribution in [3.63, 3.8) is 0 Å². The molecule has 1 saturated heterocycles. The van der Waals surface area contributed by atoms with Crippen molar-refractivity contribution in [2.24, 2.45) is 11.5 Å². The number of nitrogens with two attached hydrogens (primary N) is 2. The molecule has 0 saturated carbocycles. The van der Waals surface area contributed by atoms with Gasteiger partial charge < -0.3 is 99.9 Å². The number of carboxylic acid groups (broad SMARTS) is 1. The molecule has 1 aliphatic heterocycles. The minimum atomic E-state index is -1.73. The van der Waals surface area contributed by atoms with Gasteiger partial charge in [0.1, 0.15) is 66.2 Å². The summed E-state index contributed by atoms with van der Waals surface area (Å²) in [6, 6.07) is -8.53. The number of benzene rings is 1. The van der Waals surface area contributed by atoms with Crippen LogP contribution >= 0.6 is 0 Å². The van der Waals surface area contributed by atoms with Crippen molar-refractivity contribution >= 4 is 76.9 Å². The maximum atomic E-state index is 13.9. The number of amides is 12. The fourth-order valence-electron chi connectivity index (χ4n) is 8.28. The molecule has 1 aliphatic rings. The van der Waals surface area contributed by atoms with Crippen LogP contribution in [-0.4, -0.2) is 215 Å². The van der Waals surface area contributed by atoms with E-state index < -0.39 is 176 Å². The monoisotopic (exact) mass is 1200 g/mol. The topological polar surface area (TPSA) is 536 Å². The van der Waals surface area contributed by atoms with Crippen LogP contribution in [-0.2, 0) is 81.6 Å². The van der Waals surface area contributed by atoms with Crippen LogP contribution in [0.15, 0.2) is 49.3 Å². The summed E-state index contributed by atoms with van der Waals surface area (Å²) in [5.41, 5.74) is 12.2. The number of rotatable bonds is 33. The van der Waals surface area contributed by atoms with Gasteiger partial charge in [0.05, 0.1) is 38.5 Å². The average molecular weight is 1200 g/mol. The van der Waals surface area contributed by atoms with E-state index in [1.54, 1.807) is 0 Å². The molecule has 0 aliphatic carbocycles. The van der Waals surface area contributed by atoms with Crippen LogP contribution in [0.4, 0.5) is 0 Å². The number of aromatic nitrogens is 4. The molecule has 0 spiro atoms. The van der Waals surface area contributed by atoms with Crippen molar-refractivity contribution in [3.8, 4) is 5.75 Å². The normalized spacial score (nSPS) is 16.3. The average Bonchev–Trinajstić information content (AvgIpc) is 4.32. The van der Waals surface area contributed by atoms with Crippen LogP contribution in [0.5, 0.6) is 5.75 Å². The number of phenolic OH excluding ortho intramolecular Hbond substituents is 1. The summed E-state index contributed by atoms with van der Waals surface area (Å²) in [6.07, 6.45) is 2.99. The lowest BCUT2D eigenvalue weighted by molar-refractivity contribution is -0.143. The molecular weight excluding hydrogens is 1120 g/mol. The molecule has 1 fully saturated rings. The summed E-state index contributed by atoms with van der Waals surface area (Å²) in [6.45, 7) is 2.63. The molecule has 3 aromatic rings. The van der Waals surface area contributed by atoms with Crippen molar-refractivity contribution in [1.82, 2.24) is 78.0 Å². The lowest BCUT2D eigenvalue weighted by atomic mass is 10.0. The number of imidazole rings is 2. The highest BCUT2D eigenvalue weighted by Crippen LogP contribution is 2.19. The number of nitrogens with zero attached hydrogens (tertiary/aromatic N) is 3. The zero-order valence-corrected chi connectivity index (χ0v) is 46.8. The summed E-state index contributed by atoms with van der Waals surface area (Å²) >= 11 is 0. The number of aromatic hydroxyl groups is 1. The Morgan fingerprint density at radius 3 is 1.66 bits per heavy atom. The third kappa shape index (κ3) is 21.9. The molecule has 0 unspecified atom stereocenters. The van der Waals surface area contributed by atoms with E-state index in [4.69, 9.17) is 11.5 Å². The minimum Gasteiger partial charge on any atom is -0.508 e. The molecule has 34 nitrogen and oxygen atoms in total. The SMILES string of the molecule is C[C@H](NC(=O)CNC(=O)[C@@H]1CCCN1C(=O)[C@H](CO)NC(=O)[C@H](CCC(N)=O)NC(=O)[C@H](Cc1cnc[nH]1)NC(=O)CNC(=O)[C@@H](N)[C@@H](C)O)C(=O)N[C@@H](Cc1ccc(O)cc1)C(=O)N[C@@H](C)C(=O)N[C@@H](C)C(=O)N[C@@H](Cc1cnc[nH]1)C(=O)O. The van der Waals surface area contributed by atoms with E-state index in [2.05, 4.69) is 73.1 Å². The molecule has 2 aromatic heterocycles. The number of likely N-dealkylation sites (tertiary alicyclic amines) is 1. The fourth-order valence-corrected chi connectivity index (χ4v) is 8.28. The summed E-state index contributed by atoms with van der Waals surface area (Å²) in [4.78, 5) is 184. The second kappa shape index (κ2) is 32.9. The molecule has 12 amide bonds. The predicted octanol–water partition coefficient (Wildman–Crippen LogP) is -7.92. The van der Waals surface area contributed by atoms with Gasteiger partial charge in [-0.1, -0.05) is 12.1 Å². The van der Waals surface area contributed by atoms with E-state index in [-0.39, 0.29) is 44.4 Å². The zero-order chi connectivity index (χ0) is 63.1. The Bertz CT molecular complexity index is 2840. The van der Waals surface area contributed by atoms with Crippen LogP contribution in [0.1, 0.15) is 70.3 Å². The van der Waals surface area contributed by atoms with Gasteiger partial charge in [-0.25, -0.2) is 14.8 Å². The molecule has 20 N–H and O–H groups in total. The van der Waals surface area contributed by atoms with E-state index in [1.807, 2.05) is 0 Å². The number of H-pyrrole nitrogens is 2. The van der Waals surface area contributed by atoms with Gasteiger partial charge in [0.25, 0.3) is 0 Å². The Hall–Kier alpha value is -9.57. The van der Waals surface area contributed by atoms with Gasteiger partial charge in [-0.2, -0.15) is 0 Å². The number of aliphatic hydroxyl groups excluding tert-OH is 2. The number of hydrogen-bond donors (Lipinski definition) is 18. The van der Waals surface area contributed by atoms with E-state index in [0.29, 0.717) is 17.0 Å². The molecule has 0 radical (unpaired) electrons. The predicted molar refractivity (Wildman–Crippen MR) is 292 cm³/mol. The summed E-state index contributed by atoms with van der Waals surface area (Å²) < 4.78 is 0. The van der Waals surface area contributed by atoms with Crippen LogP contribution in [0.25, 0.3) is 0 Å². The van der Waals surface area contributed by atoms with Crippen molar-refractivity contribution < 1.29 is 82.8 Å². The number of carboxylic acids is 1. The number of phenols is 1. The Kier molecular flexibility index (Phi) is 26.3. The maximum Gasteiger partial charge on any atom is 0.326 e. The van der Waals surface area contributed by atoms with Crippen LogP contribution < -0.4 is 64.6 Å². The van der Waals surface area contributed by atoms with Crippen LogP contribution in [0.3, 0.4) is 0 Å². The Balaban J connectivity index is 1.34. The van der Waals surface area contributed by atoms with E-state index in [0.717, 1.165) is 4.90 Å². The zero-order valence-electron chi connectivity index (χ0n) is 46.8. The van der Waals surface area contributed by atoms with Gasteiger partial charge in [0.15, 0.2) is 0 Å². The Labute approximate surface area is 485 Å². The van der Waals surface area contributed by atoms with Crippen LogP contribution in [0, 0.1) is 0 Å². The Morgan fingerprint density at radius 2 is 1.11 bits per heavy atom. The number of aromatic amines is 2. The smallest absolute Gasteiger partial charge is 0.326 e. The quantitative estimate of drug-likeness (QED) is 0.0269. The van der Waals surface area contributed by atoms with Gasteiger partial charge in [-0.05, 0) is 64.7 Å². The number of aliphatic carboxylic acids is 1. The molecular formula is C51H73N17O17. The number of carbonyl (C=O) groups is 13. The first kappa shape index (κ1) is 67.9. The van der Waals surface area contributed by atoms with Gasteiger partial charge >= 0.3 is 5.97 Å². The molecule has 11 atom stereocenters. The van der Waals surface area contributed by atoms with E-state index in [1.165, 1.54) is 77.0 Å². The number of aliphatic hydroxyl groups is 2. The summed E-state index contributed by atoms with van der Waals surface area (Å²) in [5.74, 6) is -12.3. The van der Waals surface area contributed by atoms with Gasteiger partial charge in [-0.3, -0.25) is 57.5 Å². The molecule has 3 heterocycles. The molecule has 1 aromatic carbocycles. The van der Waals surface area contributed by atoms with Crippen LogP contribution in [0.2, 0.25) is 0 Å². The lowest BCUT2D eigenvalue weighted by Gasteiger charge is -2.29. The lowest BCUT2D eigenvalue weighted by Crippen LogP contribution is -2.60. The highest BCUT2D eigenvalue weighted by Gasteiger charge is 2.39. The van der Waals surface area contributed by atoms with Gasteiger partial charge in [-0.15, -0.1) is 0 Å². The second-order valence-corrected chi connectivity index (χ2v) is 20.0. The van der Waals surface area contributed by atoms with Crippen molar-refractivity contribution in [1.29, 1.82) is 0 Å². The first-order valence-corrected chi connectivity index (χ1v) is 26.7. The maximum absolute atomic E-state index is 13.9. The minimum absolute atomic E-state index is 0.0453. The van der Waals surface area contributed by atoms with Gasteiger partial charge in [0.2, 0.25) is 70.9 Å². The van der Waals surface area contributed by atoms with E-state index >= 15 is 0 Å². The van der Waals surface area contributed by atoms with E-state index in [9.17, 15) is 82.8 Å². The Morgan fingerprint density at radius 1 is 0.624 bits per heavy atom. The third-order valence-corrected chi connectivity index (χ3v) is 13.1. The largest absolute Gasteiger partial charge is 0.508 e. The highest BCUT2D eigenvalue weighted by molar-refractivity contribution is 5.99. The number of carbonyl (C=O) groups excluding carboxylic acids is 12. The number of primary amides is 1. The molecule has 85 heavy (non-hydrogen) atoms.